The van der Waals surface area contributed by atoms with Crippen molar-refractivity contribution in [2.75, 3.05) is 0 Å². The van der Waals surface area contributed by atoms with Crippen LogP contribution in [0.3, 0.4) is 0 Å². The molecule has 2 aromatic rings. The lowest BCUT2D eigenvalue weighted by Crippen LogP contribution is -2.43. The average molecular weight is 248 g/mol. The summed E-state index contributed by atoms with van der Waals surface area (Å²) in [6.07, 6.45) is 1.11. The number of hydrogen-bond donors (Lipinski definition) is 0. The second-order valence-corrected chi connectivity index (χ2v) is 7.11. The molecule has 2 aliphatic carbocycles. The Labute approximate surface area is 115 Å². The van der Waals surface area contributed by atoms with Crippen molar-refractivity contribution >= 4 is 0 Å². The third-order valence-corrected chi connectivity index (χ3v) is 5.84. The molecule has 0 N–H and O–H groups in total. The van der Waals surface area contributed by atoms with Gasteiger partial charge in [0.1, 0.15) is 0 Å². The molecule has 0 fully saturated rings. The van der Waals surface area contributed by atoms with Crippen molar-refractivity contribution < 1.29 is 0 Å². The van der Waals surface area contributed by atoms with Crippen LogP contribution in [-0.4, -0.2) is 0 Å². The standard InChI is InChI=1S/C19H20/c1-18(2)14-9-5-7-12-11-13-8-6-10-15(19(18,3)4)17(13)16(12)14/h5-10H,11H2,1-4H3. The molecule has 96 valence electrons. The molecule has 0 aliphatic heterocycles. The van der Waals surface area contributed by atoms with Crippen LogP contribution in [-0.2, 0) is 17.3 Å². The lowest BCUT2D eigenvalue weighted by atomic mass is 9.55. The summed E-state index contributed by atoms with van der Waals surface area (Å²) in [4.78, 5) is 0. The normalized spacial score (nSPS) is 20.2. The van der Waals surface area contributed by atoms with Gasteiger partial charge >= 0.3 is 0 Å². The highest BCUT2D eigenvalue weighted by Gasteiger charge is 2.47. The van der Waals surface area contributed by atoms with Gasteiger partial charge in [0.05, 0.1) is 0 Å². The Hall–Kier alpha value is -1.56. The lowest BCUT2D eigenvalue weighted by Gasteiger charge is -2.48. The molecule has 0 saturated heterocycles. The zero-order valence-electron chi connectivity index (χ0n) is 12.2. The predicted molar refractivity (Wildman–Crippen MR) is 80.7 cm³/mol. The van der Waals surface area contributed by atoms with Gasteiger partial charge in [0.2, 0.25) is 0 Å². The Morgan fingerprint density at radius 1 is 0.684 bits per heavy atom. The summed E-state index contributed by atoms with van der Waals surface area (Å²) < 4.78 is 0. The summed E-state index contributed by atoms with van der Waals surface area (Å²) >= 11 is 0. The van der Waals surface area contributed by atoms with E-state index in [0.717, 1.165) is 6.42 Å². The molecule has 2 aliphatic rings. The Kier molecular flexibility index (Phi) is 1.85. The summed E-state index contributed by atoms with van der Waals surface area (Å²) in [6.45, 7) is 9.60. The first-order valence-corrected chi connectivity index (χ1v) is 7.20. The molecule has 2 aromatic carbocycles. The average Bonchev–Trinajstić information content (AvgIpc) is 2.74. The van der Waals surface area contributed by atoms with Gasteiger partial charge in [-0.05, 0) is 50.6 Å². The van der Waals surface area contributed by atoms with Gasteiger partial charge in [0.15, 0.2) is 0 Å². The molecule has 0 heterocycles. The largest absolute Gasteiger partial charge is 0.0616 e. The Morgan fingerprint density at radius 2 is 1.11 bits per heavy atom. The number of benzene rings is 2. The third kappa shape index (κ3) is 1.12. The summed E-state index contributed by atoms with van der Waals surface area (Å²) in [5, 5.41) is 0. The van der Waals surface area contributed by atoms with Crippen molar-refractivity contribution in [3.8, 4) is 11.1 Å². The van der Waals surface area contributed by atoms with Crippen LogP contribution >= 0.6 is 0 Å². The first kappa shape index (κ1) is 11.3. The molecule has 4 rings (SSSR count). The smallest absolute Gasteiger partial charge is 0.000557 e. The molecule has 19 heavy (non-hydrogen) atoms. The van der Waals surface area contributed by atoms with Crippen molar-refractivity contribution in [3.05, 3.63) is 58.7 Å². The SMILES string of the molecule is CC1(C)c2cccc3c2-c2c(cccc2C1(C)C)C3. The van der Waals surface area contributed by atoms with Crippen molar-refractivity contribution in [1.29, 1.82) is 0 Å². The highest BCUT2D eigenvalue weighted by atomic mass is 14.5. The van der Waals surface area contributed by atoms with Crippen LogP contribution in [0.25, 0.3) is 11.1 Å². The highest BCUT2D eigenvalue weighted by Crippen LogP contribution is 2.57. The minimum atomic E-state index is 0.175. The van der Waals surface area contributed by atoms with Crippen LogP contribution in [0.15, 0.2) is 36.4 Å². The second kappa shape index (κ2) is 3.12. The van der Waals surface area contributed by atoms with Gasteiger partial charge in [0.25, 0.3) is 0 Å². The Morgan fingerprint density at radius 3 is 1.53 bits per heavy atom. The van der Waals surface area contributed by atoms with E-state index in [0.29, 0.717) is 0 Å². The molecule has 0 amide bonds. The maximum atomic E-state index is 2.40. The van der Waals surface area contributed by atoms with Crippen molar-refractivity contribution in [3.63, 3.8) is 0 Å². The summed E-state index contributed by atoms with van der Waals surface area (Å²) in [5.41, 5.74) is 9.53. The van der Waals surface area contributed by atoms with Gasteiger partial charge in [-0.2, -0.15) is 0 Å². The Bertz CT molecular complexity index is 640. The van der Waals surface area contributed by atoms with Gasteiger partial charge in [-0.25, -0.2) is 0 Å². The van der Waals surface area contributed by atoms with E-state index in [4.69, 9.17) is 0 Å². The van der Waals surface area contributed by atoms with Gasteiger partial charge in [-0.15, -0.1) is 0 Å². The van der Waals surface area contributed by atoms with Gasteiger partial charge < -0.3 is 0 Å². The highest BCUT2D eigenvalue weighted by molar-refractivity contribution is 5.86. The van der Waals surface area contributed by atoms with Crippen LogP contribution in [0.5, 0.6) is 0 Å². The van der Waals surface area contributed by atoms with Crippen molar-refractivity contribution in [2.24, 2.45) is 0 Å². The molecule has 0 spiro atoms. The van der Waals surface area contributed by atoms with Crippen LogP contribution < -0.4 is 0 Å². The van der Waals surface area contributed by atoms with E-state index in [1.807, 2.05) is 0 Å². The fraction of sp³-hybridized carbons (Fsp3) is 0.368. The van der Waals surface area contributed by atoms with Gasteiger partial charge in [-0.1, -0.05) is 64.1 Å². The third-order valence-electron chi connectivity index (χ3n) is 5.84. The lowest BCUT2D eigenvalue weighted by molar-refractivity contribution is 0.299. The van der Waals surface area contributed by atoms with E-state index in [-0.39, 0.29) is 10.8 Å². The predicted octanol–water partition coefficient (Wildman–Crippen LogP) is 4.83. The molecular formula is C19H20. The minimum absolute atomic E-state index is 0.175. The summed E-state index contributed by atoms with van der Waals surface area (Å²) in [7, 11) is 0. The van der Waals surface area contributed by atoms with E-state index >= 15 is 0 Å². The second-order valence-electron chi connectivity index (χ2n) is 7.11. The van der Waals surface area contributed by atoms with Crippen LogP contribution in [0.2, 0.25) is 0 Å². The maximum absolute atomic E-state index is 2.40. The maximum Gasteiger partial charge on any atom is -0.000557 e. The van der Waals surface area contributed by atoms with E-state index < -0.39 is 0 Å². The zero-order chi connectivity index (χ0) is 13.4. The molecule has 0 heteroatoms. The van der Waals surface area contributed by atoms with E-state index in [9.17, 15) is 0 Å². The molecule has 0 aromatic heterocycles. The van der Waals surface area contributed by atoms with E-state index in [1.54, 1.807) is 0 Å². The number of rotatable bonds is 0. The fourth-order valence-electron chi connectivity index (χ4n) is 4.01. The van der Waals surface area contributed by atoms with Crippen LogP contribution in [0, 0.1) is 0 Å². The summed E-state index contributed by atoms with van der Waals surface area (Å²) in [5.74, 6) is 0. The van der Waals surface area contributed by atoms with Crippen molar-refractivity contribution in [1.82, 2.24) is 0 Å². The topological polar surface area (TPSA) is 0 Å². The van der Waals surface area contributed by atoms with E-state index in [1.165, 1.54) is 33.4 Å². The quantitative estimate of drug-likeness (QED) is 0.534. The molecule has 0 saturated carbocycles. The molecule has 0 nitrogen and oxygen atoms in total. The Balaban J connectivity index is 2.22. The first-order chi connectivity index (χ1) is 8.94. The van der Waals surface area contributed by atoms with Gasteiger partial charge in [-0.3, -0.25) is 0 Å². The number of hydrogen-bond acceptors (Lipinski definition) is 0. The fourth-order valence-corrected chi connectivity index (χ4v) is 4.01. The summed E-state index contributed by atoms with van der Waals surface area (Å²) in [6, 6.07) is 13.8. The first-order valence-electron chi connectivity index (χ1n) is 7.20. The molecule has 0 unspecified atom stereocenters. The molecule has 0 bridgehead atoms. The van der Waals surface area contributed by atoms with Crippen LogP contribution in [0.4, 0.5) is 0 Å². The minimum Gasteiger partial charge on any atom is -0.0616 e. The van der Waals surface area contributed by atoms with E-state index in [2.05, 4.69) is 64.1 Å². The zero-order valence-corrected chi connectivity index (χ0v) is 12.2. The monoisotopic (exact) mass is 248 g/mol. The molecular weight excluding hydrogens is 228 g/mol. The van der Waals surface area contributed by atoms with Gasteiger partial charge in [0, 0.05) is 0 Å². The van der Waals surface area contributed by atoms with Crippen LogP contribution in [0.1, 0.15) is 49.9 Å². The molecule has 0 radical (unpaired) electrons. The van der Waals surface area contributed by atoms with Crippen molar-refractivity contribution in [2.45, 2.75) is 44.9 Å². The molecule has 0 atom stereocenters.